The van der Waals surface area contributed by atoms with Gasteiger partial charge in [0.1, 0.15) is 11.6 Å². The van der Waals surface area contributed by atoms with E-state index in [1.807, 2.05) is 47.9 Å². The summed E-state index contributed by atoms with van der Waals surface area (Å²) in [6.45, 7) is 1.54. The molecule has 1 heterocycles. The van der Waals surface area contributed by atoms with Crippen molar-refractivity contribution >= 4 is 28.5 Å². The third kappa shape index (κ3) is 4.05. The quantitative estimate of drug-likeness (QED) is 0.441. The van der Waals surface area contributed by atoms with E-state index in [0.717, 1.165) is 16.9 Å². The molecule has 0 saturated carbocycles. The van der Waals surface area contributed by atoms with Gasteiger partial charge in [-0.15, -0.1) is 0 Å². The van der Waals surface area contributed by atoms with Crippen molar-refractivity contribution in [2.75, 3.05) is 19.0 Å². The number of aromatic nitrogens is 1. The van der Waals surface area contributed by atoms with E-state index in [1.165, 1.54) is 19.2 Å². The number of benzene rings is 3. The van der Waals surface area contributed by atoms with Crippen molar-refractivity contribution in [3.63, 3.8) is 0 Å². The van der Waals surface area contributed by atoms with Crippen LogP contribution in [0.25, 0.3) is 16.6 Å². The van der Waals surface area contributed by atoms with Crippen LogP contribution in [0, 0.1) is 12.7 Å². The summed E-state index contributed by atoms with van der Waals surface area (Å²) >= 11 is 0. The average Bonchev–Trinajstić information content (AvgIpc) is 3.10. The number of hydrogen-bond acceptors (Lipinski definition) is 4. The van der Waals surface area contributed by atoms with Crippen molar-refractivity contribution in [1.82, 2.24) is 4.57 Å². The molecule has 0 radical (unpaired) electrons. The van der Waals surface area contributed by atoms with Gasteiger partial charge in [-0.25, -0.2) is 9.18 Å². The summed E-state index contributed by atoms with van der Waals surface area (Å²) in [5.74, 6) is -1.09. The number of anilines is 1. The van der Waals surface area contributed by atoms with Gasteiger partial charge in [-0.2, -0.15) is 0 Å². The number of carbonyl (C=O) groups is 2. The first-order valence-corrected chi connectivity index (χ1v) is 9.95. The lowest BCUT2D eigenvalue weighted by molar-refractivity contribution is -0.118. The number of nitrogens with one attached hydrogen (secondary N) is 1. The van der Waals surface area contributed by atoms with E-state index in [9.17, 15) is 14.0 Å². The summed E-state index contributed by atoms with van der Waals surface area (Å²) in [6.07, 6.45) is 0. The van der Waals surface area contributed by atoms with Crippen molar-refractivity contribution in [3.8, 4) is 11.4 Å². The van der Waals surface area contributed by atoms with Crippen LogP contribution in [0.3, 0.4) is 0 Å². The molecule has 1 amide bonds. The number of halogens is 1. The highest BCUT2D eigenvalue weighted by atomic mass is 19.1. The first-order chi connectivity index (χ1) is 15.5. The first-order valence-electron chi connectivity index (χ1n) is 9.95. The maximum absolute atomic E-state index is 13.7. The van der Waals surface area contributed by atoms with Crippen LogP contribution in [-0.2, 0) is 9.53 Å². The van der Waals surface area contributed by atoms with E-state index in [1.54, 1.807) is 24.3 Å². The Hall–Kier alpha value is -4.13. The summed E-state index contributed by atoms with van der Waals surface area (Å²) in [4.78, 5) is 24.7. The number of hydrogen-bond donors (Lipinski definition) is 1. The molecule has 0 aliphatic heterocycles. The third-order valence-electron chi connectivity index (χ3n) is 5.10. The van der Waals surface area contributed by atoms with Crippen molar-refractivity contribution in [1.29, 1.82) is 0 Å². The zero-order valence-electron chi connectivity index (χ0n) is 17.6. The fourth-order valence-electron chi connectivity index (χ4n) is 3.65. The second-order valence-electron chi connectivity index (χ2n) is 7.12. The van der Waals surface area contributed by atoms with E-state index in [0.29, 0.717) is 16.7 Å². The lowest BCUT2D eigenvalue weighted by atomic mass is 10.1. The molecule has 0 aliphatic rings. The Balaban J connectivity index is 1.64. The predicted octanol–water partition coefficient (Wildman–Crippen LogP) is 4.88. The number of fused-ring (bicyclic) bond motifs is 1. The first kappa shape index (κ1) is 21.1. The molecular weight excluding hydrogens is 411 g/mol. The van der Waals surface area contributed by atoms with E-state index in [4.69, 9.17) is 9.47 Å². The number of carbonyl (C=O) groups excluding carboxylic acids is 2. The smallest absolute Gasteiger partial charge is 0.340 e. The molecule has 162 valence electrons. The highest BCUT2D eigenvalue weighted by Crippen LogP contribution is 2.32. The lowest BCUT2D eigenvalue weighted by Crippen LogP contribution is -2.20. The third-order valence-corrected chi connectivity index (χ3v) is 5.10. The molecule has 4 rings (SSSR count). The van der Waals surface area contributed by atoms with Crippen molar-refractivity contribution in [2.24, 2.45) is 0 Å². The van der Waals surface area contributed by atoms with Gasteiger partial charge in [0.05, 0.1) is 23.9 Å². The van der Waals surface area contributed by atoms with Crippen LogP contribution in [0.1, 0.15) is 16.1 Å². The minimum absolute atomic E-state index is 0.0834. The molecule has 0 fully saturated rings. The number of amides is 1. The molecule has 0 unspecified atom stereocenters. The van der Waals surface area contributed by atoms with Crippen molar-refractivity contribution < 1.29 is 23.5 Å². The standard InChI is InChI=1S/C25H21FN2O4/c1-16-24(25(30)31-2)19-14-18(12-13-22(19)28(16)17-8-4-3-5-9-17)32-15-23(29)27-21-11-7-6-10-20(21)26/h3-14H,15H2,1-2H3,(H,27,29). The van der Waals surface area contributed by atoms with Gasteiger partial charge in [-0.1, -0.05) is 30.3 Å². The van der Waals surface area contributed by atoms with E-state index < -0.39 is 17.7 Å². The molecule has 1 aromatic heterocycles. The molecule has 0 atom stereocenters. The van der Waals surface area contributed by atoms with Gasteiger partial charge in [0.2, 0.25) is 0 Å². The zero-order valence-corrected chi connectivity index (χ0v) is 17.6. The molecule has 3 aromatic carbocycles. The van der Waals surface area contributed by atoms with Gasteiger partial charge < -0.3 is 19.4 Å². The van der Waals surface area contributed by atoms with E-state index in [-0.39, 0.29) is 12.3 Å². The van der Waals surface area contributed by atoms with E-state index in [2.05, 4.69) is 5.32 Å². The molecule has 7 heteroatoms. The van der Waals surface area contributed by atoms with Crippen LogP contribution in [0.2, 0.25) is 0 Å². The number of para-hydroxylation sites is 2. The van der Waals surface area contributed by atoms with Gasteiger partial charge in [0, 0.05) is 16.8 Å². The number of nitrogens with zero attached hydrogens (tertiary/aromatic N) is 1. The number of esters is 1. The van der Waals surface area contributed by atoms with Gasteiger partial charge in [0.15, 0.2) is 6.61 Å². The van der Waals surface area contributed by atoms with Gasteiger partial charge >= 0.3 is 5.97 Å². The monoisotopic (exact) mass is 432 g/mol. The van der Waals surface area contributed by atoms with Crippen LogP contribution >= 0.6 is 0 Å². The second-order valence-corrected chi connectivity index (χ2v) is 7.12. The molecule has 1 N–H and O–H groups in total. The van der Waals surface area contributed by atoms with Crippen molar-refractivity contribution in [2.45, 2.75) is 6.92 Å². The maximum Gasteiger partial charge on any atom is 0.340 e. The number of methoxy groups -OCH3 is 1. The molecule has 32 heavy (non-hydrogen) atoms. The Labute approximate surface area is 184 Å². The SMILES string of the molecule is COC(=O)c1c(C)n(-c2ccccc2)c2ccc(OCC(=O)Nc3ccccc3F)cc12. The van der Waals surface area contributed by atoms with Crippen molar-refractivity contribution in [3.05, 3.63) is 89.9 Å². The van der Waals surface area contributed by atoms with Crippen LogP contribution < -0.4 is 10.1 Å². The Kier molecular flexibility index (Phi) is 5.89. The highest BCUT2D eigenvalue weighted by Gasteiger charge is 2.22. The minimum Gasteiger partial charge on any atom is -0.484 e. The number of rotatable bonds is 6. The predicted molar refractivity (Wildman–Crippen MR) is 120 cm³/mol. The Morgan fingerprint density at radius 1 is 1.00 bits per heavy atom. The van der Waals surface area contributed by atoms with Crippen LogP contribution in [0.15, 0.2) is 72.8 Å². The molecule has 0 bridgehead atoms. The fraction of sp³-hybridized carbons (Fsp3) is 0.120. The Bertz CT molecular complexity index is 1300. The Morgan fingerprint density at radius 3 is 2.44 bits per heavy atom. The largest absolute Gasteiger partial charge is 0.484 e. The molecule has 0 spiro atoms. The summed E-state index contributed by atoms with van der Waals surface area (Å²) in [6, 6.07) is 20.8. The van der Waals surface area contributed by atoms with E-state index >= 15 is 0 Å². The fourth-order valence-corrected chi connectivity index (χ4v) is 3.65. The maximum atomic E-state index is 13.7. The summed E-state index contributed by atoms with van der Waals surface area (Å²) < 4.78 is 26.3. The highest BCUT2D eigenvalue weighted by molar-refractivity contribution is 6.07. The van der Waals surface area contributed by atoms with Gasteiger partial charge in [-0.3, -0.25) is 4.79 Å². The van der Waals surface area contributed by atoms with Crippen LogP contribution in [0.5, 0.6) is 5.75 Å². The van der Waals surface area contributed by atoms with Crippen LogP contribution in [0.4, 0.5) is 10.1 Å². The normalized spacial score (nSPS) is 10.7. The number of ether oxygens (including phenoxy) is 2. The average molecular weight is 432 g/mol. The minimum atomic E-state index is -0.525. The lowest BCUT2D eigenvalue weighted by Gasteiger charge is -2.10. The zero-order chi connectivity index (χ0) is 22.7. The molecule has 0 saturated heterocycles. The molecule has 0 aliphatic carbocycles. The summed E-state index contributed by atoms with van der Waals surface area (Å²) in [5.41, 5.74) is 2.94. The molecular formula is C25H21FN2O4. The summed E-state index contributed by atoms with van der Waals surface area (Å²) in [5, 5.41) is 3.12. The second kappa shape index (κ2) is 8.93. The van der Waals surface area contributed by atoms with Gasteiger partial charge in [0.25, 0.3) is 5.91 Å². The Morgan fingerprint density at radius 2 is 1.72 bits per heavy atom. The molecule has 6 nitrogen and oxygen atoms in total. The van der Waals surface area contributed by atoms with Gasteiger partial charge in [-0.05, 0) is 49.4 Å². The van der Waals surface area contributed by atoms with Crippen LogP contribution in [-0.4, -0.2) is 30.2 Å². The topological polar surface area (TPSA) is 69.6 Å². The summed E-state index contributed by atoms with van der Waals surface area (Å²) in [7, 11) is 1.33. The molecule has 4 aromatic rings.